The fourth-order valence-electron chi connectivity index (χ4n) is 3.29. The van der Waals surface area contributed by atoms with Gasteiger partial charge in [0.25, 0.3) is 5.91 Å². The zero-order valence-electron chi connectivity index (χ0n) is 16.3. The zero-order valence-corrected chi connectivity index (χ0v) is 16.3. The summed E-state index contributed by atoms with van der Waals surface area (Å²) in [4.78, 5) is 19.1. The van der Waals surface area contributed by atoms with Gasteiger partial charge in [0.05, 0.1) is 11.2 Å². The summed E-state index contributed by atoms with van der Waals surface area (Å²) in [6.07, 6.45) is 3.34. The van der Waals surface area contributed by atoms with E-state index in [2.05, 4.69) is 25.4 Å². The van der Waals surface area contributed by atoms with Crippen LogP contribution in [0, 0.1) is 0 Å². The first-order valence-electron chi connectivity index (χ1n) is 9.23. The Hall–Kier alpha value is -3.71. The smallest absolute Gasteiger partial charge is 0.276 e. The maximum absolute atomic E-state index is 12.9. The summed E-state index contributed by atoms with van der Waals surface area (Å²) < 4.78 is 0. The Morgan fingerprint density at radius 3 is 2.76 bits per heavy atom. The lowest BCUT2D eigenvalue weighted by atomic mass is 10.0. The van der Waals surface area contributed by atoms with Crippen LogP contribution in [0.3, 0.4) is 0 Å². The molecule has 2 aromatic carbocycles. The van der Waals surface area contributed by atoms with E-state index in [4.69, 9.17) is 5.73 Å². The van der Waals surface area contributed by atoms with Crippen LogP contribution in [0.1, 0.15) is 16.1 Å². The number of hydrogen-bond acceptors (Lipinski definition) is 5. The van der Waals surface area contributed by atoms with E-state index in [9.17, 15) is 4.79 Å². The molecule has 0 radical (unpaired) electrons. The molecular formula is C22H22N6O. The van der Waals surface area contributed by atoms with E-state index >= 15 is 0 Å². The molecule has 0 fully saturated rings. The Morgan fingerprint density at radius 2 is 1.97 bits per heavy atom. The molecule has 146 valence electrons. The summed E-state index contributed by atoms with van der Waals surface area (Å²) in [5, 5.41) is 10.8. The van der Waals surface area contributed by atoms with Gasteiger partial charge >= 0.3 is 0 Å². The van der Waals surface area contributed by atoms with Gasteiger partial charge in [-0.1, -0.05) is 18.2 Å². The lowest BCUT2D eigenvalue weighted by molar-refractivity contribution is 0.102. The number of amides is 1. The first-order chi connectivity index (χ1) is 14.0. The molecule has 2 heterocycles. The lowest BCUT2D eigenvalue weighted by Gasteiger charge is -2.11. The maximum Gasteiger partial charge on any atom is 0.276 e. The number of benzene rings is 2. The Kier molecular flexibility index (Phi) is 4.97. The number of hydrogen-bond donors (Lipinski definition) is 3. The highest BCUT2D eigenvalue weighted by Gasteiger charge is 2.15. The number of pyridine rings is 1. The SMILES string of the molecule is CN(C)Cc1cccc(NC(=O)c2n[nH]c3ccc(-c4cncc(N)c4)cc23)c1. The van der Waals surface area contributed by atoms with E-state index in [1.807, 2.05) is 62.6 Å². The van der Waals surface area contributed by atoms with Gasteiger partial charge in [-0.3, -0.25) is 14.9 Å². The van der Waals surface area contributed by atoms with Gasteiger partial charge in [0.2, 0.25) is 0 Å². The molecule has 1 amide bonds. The van der Waals surface area contributed by atoms with Crippen molar-refractivity contribution in [3.63, 3.8) is 0 Å². The van der Waals surface area contributed by atoms with E-state index in [0.29, 0.717) is 11.4 Å². The Bertz CT molecular complexity index is 1180. The largest absolute Gasteiger partial charge is 0.397 e. The molecule has 0 atom stereocenters. The minimum absolute atomic E-state index is 0.263. The average molecular weight is 386 g/mol. The quantitative estimate of drug-likeness (QED) is 0.487. The molecule has 0 aliphatic carbocycles. The molecule has 0 unspecified atom stereocenters. The third-order valence-corrected chi connectivity index (χ3v) is 4.55. The third-order valence-electron chi connectivity index (χ3n) is 4.55. The monoisotopic (exact) mass is 386 g/mol. The second kappa shape index (κ2) is 7.73. The van der Waals surface area contributed by atoms with Gasteiger partial charge in [0.15, 0.2) is 5.69 Å². The average Bonchev–Trinajstić information content (AvgIpc) is 3.11. The van der Waals surface area contributed by atoms with Crippen molar-refractivity contribution in [3.05, 3.63) is 72.2 Å². The highest BCUT2D eigenvalue weighted by atomic mass is 16.1. The molecule has 4 aromatic rings. The van der Waals surface area contributed by atoms with Crippen LogP contribution in [0.15, 0.2) is 60.9 Å². The van der Waals surface area contributed by atoms with Crippen molar-refractivity contribution in [2.24, 2.45) is 0 Å². The maximum atomic E-state index is 12.9. The molecule has 0 spiro atoms. The predicted octanol–water partition coefficient (Wildman–Crippen LogP) is 3.52. The van der Waals surface area contributed by atoms with E-state index in [1.54, 1.807) is 12.4 Å². The van der Waals surface area contributed by atoms with E-state index in [1.165, 1.54) is 0 Å². The third kappa shape index (κ3) is 4.09. The van der Waals surface area contributed by atoms with Crippen LogP contribution >= 0.6 is 0 Å². The van der Waals surface area contributed by atoms with E-state index in [0.717, 1.165) is 39.8 Å². The van der Waals surface area contributed by atoms with Crippen molar-refractivity contribution in [3.8, 4) is 11.1 Å². The van der Waals surface area contributed by atoms with E-state index < -0.39 is 0 Å². The Balaban J connectivity index is 1.63. The number of anilines is 2. The molecule has 0 saturated heterocycles. The molecule has 7 nitrogen and oxygen atoms in total. The number of nitrogens with one attached hydrogen (secondary N) is 2. The van der Waals surface area contributed by atoms with E-state index in [-0.39, 0.29) is 5.91 Å². The van der Waals surface area contributed by atoms with Gasteiger partial charge in [0.1, 0.15) is 0 Å². The number of H-pyrrole nitrogens is 1. The first kappa shape index (κ1) is 18.6. The lowest BCUT2D eigenvalue weighted by Crippen LogP contribution is -2.14. The molecular weight excluding hydrogens is 364 g/mol. The van der Waals surface area contributed by atoms with Gasteiger partial charge in [-0.2, -0.15) is 5.10 Å². The van der Waals surface area contributed by atoms with Crippen LogP contribution < -0.4 is 11.1 Å². The number of aromatic amines is 1. The number of aromatic nitrogens is 3. The molecule has 29 heavy (non-hydrogen) atoms. The van der Waals surface area contributed by atoms with Gasteiger partial charge < -0.3 is 16.0 Å². The molecule has 0 bridgehead atoms. The number of fused-ring (bicyclic) bond motifs is 1. The van der Waals surface area contributed by atoms with Crippen LogP contribution in [0.2, 0.25) is 0 Å². The van der Waals surface area contributed by atoms with Crippen LogP contribution in [0.4, 0.5) is 11.4 Å². The fourth-order valence-corrected chi connectivity index (χ4v) is 3.29. The zero-order chi connectivity index (χ0) is 20.4. The number of nitrogens with zero attached hydrogens (tertiary/aromatic N) is 3. The first-order valence-corrected chi connectivity index (χ1v) is 9.23. The summed E-state index contributed by atoms with van der Waals surface area (Å²) in [7, 11) is 4.02. The second-order valence-corrected chi connectivity index (χ2v) is 7.23. The van der Waals surface area contributed by atoms with Gasteiger partial charge in [0, 0.05) is 35.6 Å². The van der Waals surface area contributed by atoms with Crippen molar-refractivity contribution >= 4 is 28.2 Å². The van der Waals surface area contributed by atoms with Crippen LogP contribution in [0.5, 0.6) is 0 Å². The molecule has 0 saturated carbocycles. The molecule has 4 rings (SSSR count). The molecule has 7 heteroatoms. The molecule has 2 aromatic heterocycles. The standard InChI is InChI=1S/C22H22N6O/c1-28(2)13-14-4-3-5-18(8-14)25-22(29)21-19-10-15(6-7-20(19)26-27-21)16-9-17(23)12-24-11-16/h3-12H,13,23H2,1-2H3,(H,25,29)(H,26,27). The number of nitrogen functional groups attached to an aromatic ring is 1. The number of nitrogens with two attached hydrogens (primary N) is 1. The predicted molar refractivity (Wildman–Crippen MR) is 116 cm³/mol. The summed E-state index contributed by atoms with van der Waals surface area (Å²) in [5.74, 6) is -0.263. The van der Waals surface area contributed by atoms with Crippen molar-refractivity contribution in [1.29, 1.82) is 0 Å². The van der Waals surface area contributed by atoms with Gasteiger partial charge in [-0.05, 0) is 55.6 Å². The normalized spacial score (nSPS) is 11.1. The van der Waals surface area contributed by atoms with Gasteiger partial charge in [-0.15, -0.1) is 0 Å². The number of rotatable bonds is 5. The molecule has 0 aliphatic heterocycles. The van der Waals surface area contributed by atoms with Crippen molar-refractivity contribution in [2.75, 3.05) is 25.1 Å². The van der Waals surface area contributed by atoms with Crippen LogP contribution in [-0.2, 0) is 6.54 Å². The molecule has 4 N–H and O–H groups in total. The topological polar surface area (TPSA) is 99.9 Å². The Morgan fingerprint density at radius 1 is 1.10 bits per heavy atom. The summed E-state index contributed by atoms with van der Waals surface area (Å²) in [6.45, 7) is 0.798. The molecule has 0 aliphatic rings. The minimum Gasteiger partial charge on any atom is -0.397 e. The van der Waals surface area contributed by atoms with Gasteiger partial charge in [-0.25, -0.2) is 0 Å². The van der Waals surface area contributed by atoms with Crippen molar-refractivity contribution in [2.45, 2.75) is 6.54 Å². The van der Waals surface area contributed by atoms with Crippen molar-refractivity contribution in [1.82, 2.24) is 20.1 Å². The number of carbonyl (C=O) groups excluding carboxylic acids is 1. The summed E-state index contributed by atoms with van der Waals surface area (Å²) >= 11 is 0. The number of carbonyl (C=O) groups is 1. The Labute approximate surface area is 168 Å². The minimum atomic E-state index is -0.263. The van der Waals surface area contributed by atoms with Crippen LogP contribution in [0.25, 0.3) is 22.0 Å². The summed E-state index contributed by atoms with van der Waals surface area (Å²) in [5.41, 5.74) is 11.2. The highest BCUT2D eigenvalue weighted by molar-refractivity contribution is 6.11. The van der Waals surface area contributed by atoms with Crippen molar-refractivity contribution < 1.29 is 4.79 Å². The summed E-state index contributed by atoms with van der Waals surface area (Å²) in [6, 6.07) is 15.4. The van der Waals surface area contributed by atoms with Crippen LogP contribution in [-0.4, -0.2) is 40.1 Å². The highest BCUT2D eigenvalue weighted by Crippen LogP contribution is 2.26. The second-order valence-electron chi connectivity index (χ2n) is 7.23. The fraction of sp³-hybridized carbons (Fsp3) is 0.136.